The monoisotopic (exact) mass is 483 g/mol. The topological polar surface area (TPSA) is 73.7 Å². The number of methoxy groups -OCH3 is 2. The van der Waals surface area contributed by atoms with Crippen LogP contribution in [-0.4, -0.2) is 49.0 Å². The highest BCUT2D eigenvalue weighted by Gasteiger charge is 2.33. The van der Waals surface area contributed by atoms with Gasteiger partial charge in [-0.15, -0.1) is 0 Å². The van der Waals surface area contributed by atoms with Gasteiger partial charge >= 0.3 is 11.9 Å². The largest absolute Gasteiger partial charge is 0.465 e. The number of nitrogens with zero attached hydrogens (tertiary/aromatic N) is 3. The van der Waals surface area contributed by atoms with E-state index in [4.69, 9.17) is 14.6 Å². The molecule has 0 radical (unpaired) electrons. The molecule has 0 saturated carbocycles. The number of esters is 2. The van der Waals surface area contributed by atoms with Crippen LogP contribution < -0.4 is 4.90 Å². The van der Waals surface area contributed by atoms with Gasteiger partial charge in [-0.25, -0.2) is 14.3 Å². The van der Waals surface area contributed by atoms with Crippen molar-refractivity contribution in [1.82, 2.24) is 9.78 Å². The number of halogens is 1. The molecule has 1 saturated heterocycles. The molecule has 160 valence electrons. The second kappa shape index (κ2) is 8.93. The van der Waals surface area contributed by atoms with Gasteiger partial charge in [-0.3, -0.25) is 0 Å². The number of aromatic nitrogens is 2. The van der Waals surface area contributed by atoms with Crippen molar-refractivity contribution in [2.45, 2.75) is 12.8 Å². The molecule has 0 amide bonds. The highest BCUT2D eigenvalue weighted by molar-refractivity contribution is 9.10. The van der Waals surface area contributed by atoms with Crippen molar-refractivity contribution in [3.63, 3.8) is 0 Å². The molecule has 4 rings (SSSR count). The Morgan fingerprint density at radius 3 is 2.29 bits per heavy atom. The summed E-state index contributed by atoms with van der Waals surface area (Å²) >= 11 is 3.55. The van der Waals surface area contributed by atoms with E-state index >= 15 is 0 Å². The van der Waals surface area contributed by atoms with Gasteiger partial charge in [-0.1, -0.05) is 34.1 Å². The van der Waals surface area contributed by atoms with Gasteiger partial charge in [0, 0.05) is 28.8 Å². The SMILES string of the molecule is COC(=O)c1c(-c2ccc(Br)cc2N2CCCC2)nn(-c2ccccc2)c1C(=O)OC. The van der Waals surface area contributed by atoms with Crippen LogP contribution in [0.3, 0.4) is 0 Å². The summed E-state index contributed by atoms with van der Waals surface area (Å²) in [6, 6.07) is 15.0. The third-order valence-electron chi connectivity index (χ3n) is 5.32. The standard InChI is InChI=1S/C23H22BrN3O4/c1-30-22(28)19-20(17-11-10-15(24)14-18(17)26-12-6-7-13-26)25-27(21(19)23(29)31-2)16-8-4-3-5-9-16/h3-5,8-11,14H,6-7,12-13H2,1-2H3. The molecular formula is C23H22BrN3O4. The van der Waals surface area contributed by atoms with Crippen LogP contribution in [-0.2, 0) is 9.47 Å². The van der Waals surface area contributed by atoms with Crippen molar-refractivity contribution in [3.05, 3.63) is 64.3 Å². The fourth-order valence-electron chi connectivity index (χ4n) is 3.87. The van der Waals surface area contributed by atoms with Gasteiger partial charge in [-0.2, -0.15) is 5.10 Å². The molecule has 0 atom stereocenters. The molecule has 0 unspecified atom stereocenters. The smallest absolute Gasteiger partial charge is 0.357 e. The summed E-state index contributed by atoms with van der Waals surface area (Å²) in [4.78, 5) is 27.9. The average Bonchev–Trinajstić information content (AvgIpc) is 3.47. The lowest BCUT2D eigenvalue weighted by atomic mass is 10.0. The molecule has 8 heteroatoms. The normalized spacial score (nSPS) is 13.3. The Bertz CT molecular complexity index is 1120. The van der Waals surface area contributed by atoms with Gasteiger partial charge in [0.15, 0.2) is 5.69 Å². The molecule has 0 bridgehead atoms. The summed E-state index contributed by atoms with van der Waals surface area (Å²) in [6.07, 6.45) is 2.20. The first kappa shape index (κ1) is 21.1. The van der Waals surface area contributed by atoms with Crippen molar-refractivity contribution in [2.24, 2.45) is 0 Å². The van der Waals surface area contributed by atoms with E-state index in [9.17, 15) is 9.59 Å². The van der Waals surface area contributed by atoms with E-state index in [1.165, 1.54) is 18.9 Å². The van der Waals surface area contributed by atoms with E-state index in [1.807, 2.05) is 48.5 Å². The van der Waals surface area contributed by atoms with Crippen LogP contribution in [0, 0.1) is 0 Å². The van der Waals surface area contributed by atoms with Crippen LogP contribution in [0.15, 0.2) is 53.0 Å². The summed E-state index contributed by atoms with van der Waals surface area (Å²) in [7, 11) is 2.57. The Labute approximate surface area is 188 Å². The van der Waals surface area contributed by atoms with Crippen LogP contribution >= 0.6 is 15.9 Å². The van der Waals surface area contributed by atoms with Gasteiger partial charge < -0.3 is 14.4 Å². The number of hydrogen-bond acceptors (Lipinski definition) is 6. The molecule has 1 fully saturated rings. The third kappa shape index (κ3) is 3.95. The van der Waals surface area contributed by atoms with Gasteiger partial charge in [0.05, 0.1) is 19.9 Å². The molecule has 31 heavy (non-hydrogen) atoms. The maximum atomic E-state index is 12.9. The van der Waals surface area contributed by atoms with Gasteiger partial charge in [0.25, 0.3) is 0 Å². The Balaban J connectivity index is 2.02. The number of carbonyl (C=O) groups is 2. The van der Waals surface area contributed by atoms with Gasteiger partial charge in [-0.05, 0) is 43.2 Å². The van der Waals surface area contributed by atoms with Gasteiger partial charge in [0.2, 0.25) is 0 Å². The maximum Gasteiger partial charge on any atom is 0.357 e. The zero-order valence-corrected chi connectivity index (χ0v) is 18.9. The van der Waals surface area contributed by atoms with E-state index in [2.05, 4.69) is 20.8 Å². The Kier molecular flexibility index (Phi) is 6.08. The number of hydrogen-bond donors (Lipinski definition) is 0. The third-order valence-corrected chi connectivity index (χ3v) is 5.81. The maximum absolute atomic E-state index is 12.9. The minimum Gasteiger partial charge on any atom is -0.465 e. The molecule has 0 spiro atoms. The molecule has 2 heterocycles. The highest BCUT2D eigenvalue weighted by Crippen LogP contribution is 2.38. The lowest BCUT2D eigenvalue weighted by molar-refractivity contribution is 0.0549. The molecule has 3 aromatic rings. The highest BCUT2D eigenvalue weighted by atomic mass is 79.9. The van der Waals surface area contributed by atoms with Crippen molar-refractivity contribution in [2.75, 3.05) is 32.2 Å². The van der Waals surface area contributed by atoms with Crippen molar-refractivity contribution >= 4 is 33.6 Å². The van der Waals surface area contributed by atoms with Gasteiger partial charge in [0.1, 0.15) is 11.3 Å². The molecular weight excluding hydrogens is 462 g/mol. The molecule has 7 nitrogen and oxygen atoms in total. The van der Waals surface area contributed by atoms with Crippen molar-refractivity contribution < 1.29 is 19.1 Å². The average molecular weight is 484 g/mol. The molecule has 0 aliphatic carbocycles. The van der Waals surface area contributed by atoms with E-state index in [0.717, 1.165) is 41.7 Å². The fourth-order valence-corrected chi connectivity index (χ4v) is 4.22. The number of carbonyl (C=O) groups excluding carboxylic acids is 2. The predicted molar refractivity (Wildman–Crippen MR) is 121 cm³/mol. The lowest BCUT2D eigenvalue weighted by Gasteiger charge is -2.21. The van der Waals surface area contributed by atoms with E-state index in [0.29, 0.717) is 11.4 Å². The second-order valence-electron chi connectivity index (χ2n) is 7.16. The number of para-hydroxylation sites is 1. The van der Waals surface area contributed by atoms with Crippen LogP contribution in [0.25, 0.3) is 16.9 Å². The number of anilines is 1. The van der Waals surface area contributed by atoms with E-state index in [1.54, 1.807) is 0 Å². The van der Waals surface area contributed by atoms with E-state index < -0.39 is 11.9 Å². The fraction of sp³-hybridized carbons (Fsp3) is 0.261. The lowest BCUT2D eigenvalue weighted by Crippen LogP contribution is -2.19. The summed E-state index contributed by atoms with van der Waals surface area (Å²) in [5.74, 6) is -1.31. The zero-order chi connectivity index (χ0) is 22.0. The zero-order valence-electron chi connectivity index (χ0n) is 17.3. The molecule has 1 aliphatic heterocycles. The first-order chi connectivity index (χ1) is 15.0. The minimum atomic E-state index is -0.664. The Morgan fingerprint density at radius 2 is 1.65 bits per heavy atom. The summed E-state index contributed by atoms with van der Waals surface area (Å²) < 4.78 is 12.4. The number of benzene rings is 2. The molecule has 0 N–H and O–H groups in total. The second-order valence-corrected chi connectivity index (χ2v) is 8.07. The number of rotatable bonds is 5. The Hall–Kier alpha value is -3.13. The first-order valence-corrected chi connectivity index (χ1v) is 10.7. The number of ether oxygens (including phenoxy) is 2. The van der Waals surface area contributed by atoms with Crippen LogP contribution in [0.1, 0.15) is 33.7 Å². The minimum absolute atomic E-state index is 0.0332. The van der Waals surface area contributed by atoms with E-state index in [-0.39, 0.29) is 11.3 Å². The molecule has 2 aromatic carbocycles. The predicted octanol–water partition coefficient (Wildman–Crippen LogP) is 4.48. The summed E-state index contributed by atoms with van der Waals surface area (Å²) in [5.41, 5.74) is 2.84. The van der Waals surface area contributed by atoms with Crippen LogP contribution in [0.2, 0.25) is 0 Å². The molecule has 1 aromatic heterocycles. The summed E-state index contributed by atoms with van der Waals surface area (Å²) in [6.45, 7) is 1.83. The van der Waals surface area contributed by atoms with Crippen LogP contribution in [0.4, 0.5) is 5.69 Å². The molecule has 1 aliphatic rings. The van der Waals surface area contributed by atoms with Crippen LogP contribution in [0.5, 0.6) is 0 Å². The summed E-state index contributed by atoms with van der Waals surface area (Å²) in [5, 5.41) is 4.72. The Morgan fingerprint density at radius 1 is 0.968 bits per heavy atom. The van der Waals surface area contributed by atoms with Crippen molar-refractivity contribution in [1.29, 1.82) is 0 Å². The first-order valence-electron chi connectivity index (χ1n) is 9.95. The van der Waals surface area contributed by atoms with Crippen molar-refractivity contribution in [3.8, 4) is 16.9 Å². The quantitative estimate of drug-likeness (QED) is 0.498.